The largest absolute Gasteiger partial charge is 0.340 e. The zero-order chi connectivity index (χ0) is 18.4. The maximum absolute atomic E-state index is 12.4. The molecule has 1 aromatic heterocycles. The second-order valence-corrected chi connectivity index (χ2v) is 7.77. The molecule has 0 radical (unpaired) electrons. The zero-order valence-electron chi connectivity index (χ0n) is 14.3. The highest BCUT2D eigenvalue weighted by molar-refractivity contribution is 7.92. The first-order valence-electron chi connectivity index (χ1n) is 8.38. The van der Waals surface area contributed by atoms with Gasteiger partial charge in [-0.05, 0) is 11.6 Å². The van der Waals surface area contributed by atoms with Gasteiger partial charge in [-0.15, -0.1) is 0 Å². The first-order chi connectivity index (χ1) is 12.5. The third kappa shape index (κ3) is 4.77. The Balaban J connectivity index is 1.50. The lowest BCUT2D eigenvalue weighted by Crippen LogP contribution is -2.50. The molecule has 0 saturated carbocycles. The van der Waals surface area contributed by atoms with Gasteiger partial charge < -0.3 is 4.90 Å². The Bertz CT molecular complexity index is 842. The van der Waals surface area contributed by atoms with Gasteiger partial charge >= 0.3 is 0 Å². The van der Waals surface area contributed by atoms with Crippen molar-refractivity contribution in [2.24, 2.45) is 0 Å². The van der Waals surface area contributed by atoms with Crippen LogP contribution in [0.4, 0.5) is 0 Å². The van der Waals surface area contributed by atoms with Gasteiger partial charge in [-0.3, -0.25) is 9.48 Å². The molecule has 2 heterocycles. The normalized spacial score (nSPS) is 16.2. The molecule has 138 valence electrons. The summed E-state index contributed by atoms with van der Waals surface area (Å²) in [6.45, 7) is 1.87. The fourth-order valence-corrected chi connectivity index (χ4v) is 3.90. The second-order valence-electron chi connectivity index (χ2n) is 5.95. The molecule has 1 aliphatic rings. The van der Waals surface area contributed by atoms with Crippen LogP contribution < -0.4 is 0 Å². The molecule has 0 spiro atoms. The van der Waals surface area contributed by atoms with Crippen LogP contribution >= 0.6 is 0 Å². The minimum atomic E-state index is -3.49. The molecule has 0 unspecified atom stereocenters. The highest BCUT2D eigenvalue weighted by Gasteiger charge is 2.27. The van der Waals surface area contributed by atoms with E-state index < -0.39 is 10.0 Å². The number of aryl methyl sites for hydroxylation is 1. The summed E-state index contributed by atoms with van der Waals surface area (Å²) in [7, 11) is -3.49. The van der Waals surface area contributed by atoms with E-state index in [9.17, 15) is 13.2 Å². The smallest absolute Gasteiger partial charge is 0.236 e. The third-order valence-corrected chi connectivity index (χ3v) is 5.77. The summed E-state index contributed by atoms with van der Waals surface area (Å²) in [6.07, 6.45) is 4.91. The van der Waals surface area contributed by atoms with E-state index in [2.05, 4.69) is 10.1 Å². The highest BCUT2D eigenvalue weighted by Crippen LogP contribution is 2.12. The molecule has 1 saturated heterocycles. The van der Waals surface area contributed by atoms with Crippen LogP contribution in [-0.2, 0) is 21.4 Å². The van der Waals surface area contributed by atoms with Crippen molar-refractivity contribution in [2.45, 2.75) is 13.0 Å². The zero-order valence-corrected chi connectivity index (χ0v) is 15.1. The Morgan fingerprint density at radius 3 is 2.50 bits per heavy atom. The number of benzene rings is 1. The molecule has 1 aliphatic heterocycles. The fraction of sp³-hybridized carbons (Fsp3) is 0.353. The molecule has 1 aromatic carbocycles. The second kappa shape index (κ2) is 8.24. The van der Waals surface area contributed by atoms with Crippen LogP contribution in [0, 0.1) is 0 Å². The number of hydrogen-bond donors (Lipinski definition) is 0. The Labute approximate surface area is 152 Å². The summed E-state index contributed by atoms with van der Waals surface area (Å²) in [4.78, 5) is 17.8. The van der Waals surface area contributed by atoms with E-state index in [0.29, 0.717) is 39.1 Å². The average molecular weight is 375 g/mol. The van der Waals surface area contributed by atoms with Gasteiger partial charge in [-0.25, -0.2) is 13.4 Å². The average Bonchev–Trinajstić information content (AvgIpc) is 3.19. The molecule has 26 heavy (non-hydrogen) atoms. The predicted molar refractivity (Wildman–Crippen MR) is 97.2 cm³/mol. The minimum Gasteiger partial charge on any atom is -0.340 e. The first kappa shape index (κ1) is 18.3. The first-order valence-corrected chi connectivity index (χ1v) is 9.88. The molecule has 2 aromatic rings. The van der Waals surface area contributed by atoms with Gasteiger partial charge in [-0.1, -0.05) is 30.3 Å². The quantitative estimate of drug-likeness (QED) is 0.746. The number of piperazine rings is 1. The van der Waals surface area contributed by atoms with Gasteiger partial charge in [0.2, 0.25) is 15.9 Å². The van der Waals surface area contributed by atoms with Crippen molar-refractivity contribution in [2.75, 3.05) is 26.2 Å². The van der Waals surface area contributed by atoms with E-state index in [1.54, 1.807) is 22.0 Å². The van der Waals surface area contributed by atoms with Crippen molar-refractivity contribution < 1.29 is 13.2 Å². The topological polar surface area (TPSA) is 88.4 Å². The minimum absolute atomic E-state index is 0.00243. The standard InChI is InChI=1S/C17H21N5O3S/c23-17(6-8-21-15-18-14-19-21)20-9-11-22(12-10-20)26(24,25)13-7-16-4-2-1-3-5-16/h1-5,7,13-15H,6,8-12H2/b13-7+. The molecule has 0 atom stereocenters. The van der Waals surface area contributed by atoms with Crippen LogP contribution in [0.25, 0.3) is 6.08 Å². The van der Waals surface area contributed by atoms with Crippen molar-refractivity contribution in [3.8, 4) is 0 Å². The number of hydrogen-bond acceptors (Lipinski definition) is 5. The summed E-state index contributed by atoms with van der Waals surface area (Å²) < 4.78 is 27.9. The molecular weight excluding hydrogens is 354 g/mol. The third-order valence-electron chi connectivity index (χ3n) is 4.20. The number of carbonyl (C=O) groups excluding carboxylic acids is 1. The molecule has 0 aliphatic carbocycles. The molecule has 1 amide bonds. The Morgan fingerprint density at radius 1 is 1.12 bits per heavy atom. The number of sulfonamides is 1. The van der Waals surface area contributed by atoms with E-state index in [1.807, 2.05) is 30.3 Å². The summed E-state index contributed by atoms with van der Waals surface area (Å²) >= 11 is 0. The van der Waals surface area contributed by atoms with E-state index in [-0.39, 0.29) is 5.91 Å². The maximum Gasteiger partial charge on any atom is 0.236 e. The fourth-order valence-electron chi connectivity index (χ4n) is 2.72. The molecule has 0 bridgehead atoms. The van der Waals surface area contributed by atoms with E-state index in [1.165, 1.54) is 16.0 Å². The Morgan fingerprint density at radius 2 is 1.85 bits per heavy atom. The summed E-state index contributed by atoms with van der Waals surface area (Å²) in [6, 6.07) is 9.28. The summed E-state index contributed by atoms with van der Waals surface area (Å²) in [5.41, 5.74) is 0.831. The van der Waals surface area contributed by atoms with Crippen LogP contribution in [0.2, 0.25) is 0 Å². The number of aromatic nitrogens is 3. The van der Waals surface area contributed by atoms with Crippen LogP contribution in [0.1, 0.15) is 12.0 Å². The van der Waals surface area contributed by atoms with Gasteiger partial charge in [0.25, 0.3) is 0 Å². The molecule has 1 fully saturated rings. The van der Waals surface area contributed by atoms with Crippen molar-refractivity contribution in [1.82, 2.24) is 24.0 Å². The predicted octanol–water partition coefficient (Wildman–Crippen LogP) is 0.813. The van der Waals surface area contributed by atoms with Crippen LogP contribution in [-0.4, -0.2) is 64.5 Å². The van der Waals surface area contributed by atoms with Crippen LogP contribution in [0.15, 0.2) is 48.4 Å². The number of carbonyl (C=O) groups is 1. The molecule has 9 heteroatoms. The van der Waals surface area contributed by atoms with Gasteiger partial charge in [0, 0.05) is 38.0 Å². The number of amides is 1. The highest BCUT2D eigenvalue weighted by atomic mass is 32.2. The van der Waals surface area contributed by atoms with Gasteiger partial charge in [0.1, 0.15) is 12.7 Å². The van der Waals surface area contributed by atoms with Crippen molar-refractivity contribution in [1.29, 1.82) is 0 Å². The van der Waals surface area contributed by atoms with Crippen molar-refractivity contribution in [3.63, 3.8) is 0 Å². The lowest BCUT2D eigenvalue weighted by Gasteiger charge is -2.33. The summed E-state index contributed by atoms with van der Waals surface area (Å²) in [5.74, 6) is -0.00243. The number of rotatable bonds is 6. The lowest BCUT2D eigenvalue weighted by atomic mass is 10.2. The van der Waals surface area contributed by atoms with Gasteiger partial charge in [0.05, 0.1) is 6.54 Å². The SMILES string of the molecule is O=C(CCn1cncn1)N1CCN(S(=O)(=O)/C=C/c2ccccc2)CC1. The van der Waals surface area contributed by atoms with Gasteiger partial charge in [0.15, 0.2) is 0 Å². The van der Waals surface area contributed by atoms with Crippen LogP contribution in [0.3, 0.4) is 0 Å². The molecular formula is C17H21N5O3S. The Hall–Kier alpha value is -2.52. The van der Waals surface area contributed by atoms with E-state index in [4.69, 9.17) is 0 Å². The monoisotopic (exact) mass is 375 g/mol. The number of nitrogens with zero attached hydrogens (tertiary/aromatic N) is 5. The van der Waals surface area contributed by atoms with Gasteiger partial charge in [-0.2, -0.15) is 9.40 Å². The molecule has 8 nitrogen and oxygen atoms in total. The van der Waals surface area contributed by atoms with E-state index in [0.717, 1.165) is 5.56 Å². The maximum atomic E-state index is 12.4. The Kier molecular flexibility index (Phi) is 5.79. The summed E-state index contributed by atoms with van der Waals surface area (Å²) in [5, 5.41) is 5.19. The van der Waals surface area contributed by atoms with Crippen molar-refractivity contribution in [3.05, 3.63) is 54.0 Å². The molecule has 0 N–H and O–H groups in total. The van der Waals surface area contributed by atoms with E-state index >= 15 is 0 Å². The van der Waals surface area contributed by atoms with Crippen LogP contribution in [0.5, 0.6) is 0 Å². The van der Waals surface area contributed by atoms with Crippen molar-refractivity contribution >= 4 is 22.0 Å². The molecule has 3 rings (SSSR count). The lowest BCUT2D eigenvalue weighted by molar-refractivity contribution is -0.132.